The van der Waals surface area contributed by atoms with Crippen molar-refractivity contribution in [1.82, 2.24) is 22.8 Å². The van der Waals surface area contributed by atoms with E-state index >= 15 is 0 Å². The third-order valence-electron chi connectivity index (χ3n) is 4.43. The van der Waals surface area contributed by atoms with Crippen molar-refractivity contribution in [3.63, 3.8) is 0 Å². The molecule has 1 fully saturated rings. The molecule has 0 spiro atoms. The van der Waals surface area contributed by atoms with E-state index in [0.29, 0.717) is 17.6 Å². The minimum Gasteiger partial charge on any atom is -0.268 e. The summed E-state index contributed by atoms with van der Waals surface area (Å²) in [4.78, 5) is 0.239. The second-order valence-corrected chi connectivity index (χ2v) is 8.12. The van der Waals surface area contributed by atoms with Crippen LogP contribution >= 0.6 is 11.7 Å². The van der Waals surface area contributed by atoms with Crippen molar-refractivity contribution in [2.75, 3.05) is 6.54 Å². The molecule has 4 rings (SSSR count). The lowest BCUT2D eigenvalue weighted by Crippen LogP contribution is -2.32. The van der Waals surface area contributed by atoms with Crippen molar-refractivity contribution in [1.29, 1.82) is 0 Å². The highest BCUT2D eigenvalue weighted by atomic mass is 32.2. The van der Waals surface area contributed by atoms with Gasteiger partial charge < -0.3 is 0 Å². The summed E-state index contributed by atoms with van der Waals surface area (Å²) in [5.41, 5.74) is 2.02. The number of rotatable bonds is 4. The smallest absolute Gasteiger partial charge is 0.245 e. The van der Waals surface area contributed by atoms with Gasteiger partial charge in [0, 0.05) is 19.3 Å². The minimum atomic E-state index is -3.64. The summed E-state index contributed by atoms with van der Waals surface area (Å²) in [6, 6.07) is 6.85. The number of fused-ring (bicyclic) bond motifs is 1. The first-order valence-electron chi connectivity index (χ1n) is 7.87. The standard InChI is InChI=1S/C15H17N5O2S2/c1-2-19-12(8-9-16-19)13-6-4-10-20(13)24(21,22)14-7-3-5-11-15(14)18-23-17-11/h3,5,7-9,13H,2,4,6,10H2,1H3. The maximum Gasteiger partial charge on any atom is 0.245 e. The Kier molecular flexibility index (Phi) is 3.86. The van der Waals surface area contributed by atoms with Gasteiger partial charge in [-0.15, -0.1) is 0 Å². The molecule has 1 saturated heterocycles. The van der Waals surface area contributed by atoms with E-state index in [0.717, 1.165) is 36.8 Å². The fourth-order valence-electron chi connectivity index (χ4n) is 3.33. The van der Waals surface area contributed by atoms with Gasteiger partial charge in [-0.1, -0.05) is 6.07 Å². The van der Waals surface area contributed by atoms with E-state index in [1.807, 2.05) is 17.7 Å². The van der Waals surface area contributed by atoms with Crippen LogP contribution in [0.25, 0.3) is 11.0 Å². The molecule has 0 aliphatic carbocycles. The number of hydrogen-bond acceptors (Lipinski definition) is 6. The zero-order valence-corrected chi connectivity index (χ0v) is 14.8. The molecule has 1 atom stereocenters. The van der Waals surface area contributed by atoms with E-state index in [9.17, 15) is 8.42 Å². The van der Waals surface area contributed by atoms with Crippen molar-refractivity contribution >= 4 is 32.8 Å². The maximum atomic E-state index is 13.3. The highest BCUT2D eigenvalue weighted by Gasteiger charge is 2.38. The van der Waals surface area contributed by atoms with Gasteiger partial charge in [0.15, 0.2) is 0 Å². The second-order valence-electron chi connectivity index (χ2n) is 5.73. The molecule has 0 saturated carbocycles. The zero-order valence-electron chi connectivity index (χ0n) is 13.2. The van der Waals surface area contributed by atoms with E-state index in [4.69, 9.17) is 0 Å². The Morgan fingerprint density at radius 3 is 3.00 bits per heavy atom. The summed E-state index contributed by atoms with van der Waals surface area (Å²) in [7, 11) is -3.64. The molecule has 7 nitrogen and oxygen atoms in total. The lowest BCUT2D eigenvalue weighted by Gasteiger charge is -2.24. The molecule has 2 aromatic heterocycles. The Morgan fingerprint density at radius 1 is 1.29 bits per heavy atom. The van der Waals surface area contributed by atoms with Crippen LogP contribution in [0.3, 0.4) is 0 Å². The van der Waals surface area contributed by atoms with Gasteiger partial charge in [0.2, 0.25) is 10.0 Å². The van der Waals surface area contributed by atoms with Crippen LogP contribution in [0.5, 0.6) is 0 Å². The van der Waals surface area contributed by atoms with E-state index in [1.54, 1.807) is 28.7 Å². The van der Waals surface area contributed by atoms with Crippen LogP contribution in [0, 0.1) is 0 Å². The SMILES string of the molecule is CCn1nccc1C1CCCN1S(=O)(=O)c1cccc2nsnc12. The number of hydrogen-bond donors (Lipinski definition) is 0. The first kappa shape index (κ1) is 15.7. The van der Waals surface area contributed by atoms with Crippen molar-refractivity contribution in [3.05, 3.63) is 36.2 Å². The third-order valence-corrected chi connectivity index (χ3v) is 6.91. The molecule has 0 radical (unpaired) electrons. The summed E-state index contributed by atoms with van der Waals surface area (Å²) in [5, 5.41) is 4.28. The molecular formula is C15H17N5O2S2. The molecule has 1 aromatic carbocycles. The Morgan fingerprint density at radius 2 is 2.17 bits per heavy atom. The molecule has 24 heavy (non-hydrogen) atoms. The first-order chi connectivity index (χ1) is 11.6. The lowest BCUT2D eigenvalue weighted by atomic mass is 10.1. The molecule has 1 aliphatic heterocycles. The molecule has 126 valence electrons. The molecular weight excluding hydrogens is 346 g/mol. The van der Waals surface area contributed by atoms with Crippen LogP contribution in [-0.4, -0.2) is 37.8 Å². The van der Waals surface area contributed by atoms with E-state index in [1.165, 1.54) is 0 Å². The predicted octanol–water partition coefficient (Wildman–Crippen LogP) is 2.43. The number of benzene rings is 1. The quantitative estimate of drug-likeness (QED) is 0.711. The third kappa shape index (κ3) is 2.35. The van der Waals surface area contributed by atoms with Gasteiger partial charge in [-0.3, -0.25) is 4.68 Å². The summed E-state index contributed by atoms with van der Waals surface area (Å²) < 4.78 is 38.4. The molecule has 9 heteroatoms. The Labute approximate surface area is 144 Å². The van der Waals surface area contributed by atoms with E-state index in [2.05, 4.69) is 13.8 Å². The van der Waals surface area contributed by atoms with Crippen LogP contribution in [0.1, 0.15) is 31.5 Å². The van der Waals surface area contributed by atoms with Gasteiger partial charge >= 0.3 is 0 Å². The average molecular weight is 363 g/mol. The Balaban J connectivity index is 1.80. The zero-order chi connectivity index (χ0) is 16.7. The van der Waals surface area contributed by atoms with Crippen molar-refractivity contribution in [3.8, 4) is 0 Å². The molecule has 0 bridgehead atoms. The number of sulfonamides is 1. The first-order valence-corrected chi connectivity index (χ1v) is 10.0. The van der Waals surface area contributed by atoms with Gasteiger partial charge in [-0.05, 0) is 38.0 Å². The van der Waals surface area contributed by atoms with Crippen LogP contribution in [0.4, 0.5) is 0 Å². The monoisotopic (exact) mass is 363 g/mol. The van der Waals surface area contributed by atoms with Crippen LogP contribution < -0.4 is 0 Å². The summed E-state index contributed by atoms with van der Waals surface area (Å²) >= 11 is 1.03. The fraction of sp³-hybridized carbons (Fsp3) is 0.400. The molecule has 3 heterocycles. The Hall–Kier alpha value is -1.84. The van der Waals surface area contributed by atoms with Crippen LogP contribution in [0.15, 0.2) is 35.4 Å². The number of aromatic nitrogens is 4. The number of nitrogens with zero attached hydrogens (tertiary/aromatic N) is 5. The summed E-state index contributed by atoms with van der Waals surface area (Å²) in [6.07, 6.45) is 3.37. The number of aryl methyl sites for hydroxylation is 1. The van der Waals surface area contributed by atoms with Crippen molar-refractivity contribution < 1.29 is 8.42 Å². The highest BCUT2D eigenvalue weighted by Crippen LogP contribution is 2.37. The summed E-state index contributed by atoms with van der Waals surface area (Å²) in [5.74, 6) is 0. The molecule has 0 N–H and O–H groups in total. The summed E-state index contributed by atoms with van der Waals surface area (Å²) in [6.45, 7) is 3.24. The van der Waals surface area contributed by atoms with E-state index in [-0.39, 0.29) is 10.9 Å². The fourth-order valence-corrected chi connectivity index (χ4v) is 5.75. The van der Waals surface area contributed by atoms with Gasteiger partial charge in [-0.2, -0.15) is 18.2 Å². The molecule has 1 unspecified atom stereocenters. The van der Waals surface area contributed by atoms with Gasteiger partial charge in [0.05, 0.1) is 23.5 Å². The average Bonchev–Trinajstić information content (AvgIpc) is 3.31. The van der Waals surface area contributed by atoms with Crippen LogP contribution in [0.2, 0.25) is 0 Å². The topological polar surface area (TPSA) is 81.0 Å². The minimum absolute atomic E-state index is 0.181. The normalized spacial score (nSPS) is 19.3. The van der Waals surface area contributed by atoms with Gasteiger partial charge in [-0.25, -0.2) is 8.42 Å². The second kappa shape index (κ2) is 5.91. The lowest BCUT2D eigenvalue weighted by molar-refractivity contribution is 0.376. The van der Waals surface area contributed by atoms with Crippen LogP contribution in [-0.2, 0) is 16.6 Å². The highest BCUT2D eigenvalue weighted by molar-refractivity contribution is 7.89. The molecule has 1 aliphatic rings. The predicted molar refractivity (Wildman–Crippen MR) is 91.2 cm³/mol. The van der Waals surface area contributed by atoms with Crippen molar-refractivity contribution in [2.45, 2.75) is 37.2 Å². The Bertz CT molecular complexity index is 979. The largest absolute Gasteiger partial charge is 0.268 e. The van der Waals surface area contributed by atoms with Gasteiger partial charge in [0.25, 0.3) is 0 Å². The molecule has 0 amide bonds. The maximum absolute atomic E-state index is 13.3. The molecule has 3 aromatic rings. The van der Waals surface area contributed by atoms with Gasteiger partial charge in [0.1, 0.15) is 15.9 Å². The van der Waals surface area contributed by atoms with Crippen molar-refractivity contribution in [2.24, 2.45) is 0 Å². The van der Waals surface area contributed by atoms with E-state index < -0.39 is 10.0 Å².